The Kier molecular flexibility index (Phi) is 8.68. The number of carbonyl (C=O) groups excluding carboxylic acids is 2. The standard InChI is InChI=1S/C27H33NO6/c1-31-27(30)26(23-14-15-25(29)34-23)22-13-12-21(28-22)24(33-17-20-10-6-3-7-11-20)18-32-16-19-8-4-2-5-9-19/h2-11,21-24,26,28H,12-18H2,1H3/t21-,22-,23-,24+,26-/m0/s1. The van der Waals surface area contributed by atoms with E-state index in [9.17, 15) is 9.59 Å². The predicted molar refractivity (Wildman–Crippen MR) is 126 cm³/mol. The van der Waals surface area contributed by atoms with Gasteiger partial charge in [0.1, 0.15) is 12.0 Å². The summed E-state index contributed by atoms with van der Waals surface area (Å²) in [6, 6.07) is 19.9. The van der Waals surface area contributed by atoms with Gasteiger partial charge in [0.2, 0.25) is 0 Å². The fourth-order valence-corrected chi connectivity index (χ4v) is 4.81. The van der Waals surface area contributed by atoms with Crippen molar-refractivity contribution in [2.75, 3.05) is 13.7 Å². The van der Waals surface area contributed by atoms with E-state index in [4.69, 9.17) is 18.9 Å². The lowest BCUT2D eigenvalue weighted by Gasteiger charge is -2.29. The van der Waals surface area contributed by atoms with Crippen molar-refractivity contribution in [1.29, 1.82) is 0 Å². The maximum atomic E-state index is 12.6. The van der Waals surface area contributed by atoms with E-state index in [1.807, 2.05) is 60.7 Å². The third-order valence-electron chi connectivity index (χ3n) is 6.59. The summed E-state index contributed by atoms with van der Waals surface area (Å²) in [6.45, 7) is 1.40. The molecule has 0 radical (unpaired) electrons. The molecule has 0 unspecified atom stereocenters. The van der Waals surface area contributed by atoms with E-state index in [0.29, 0.717) is 32.7 Å². The number of rotatable bonds is 11. The molecule has 2 heterocycles. The first kappa shape index (κ1) is 24.4. The van der Waals surface area contributed by atoms with Crippen LogP contribution in [0.3, 0.4) is 0 Å². The van der Waals surface area contributed by atoms with E-state index < -0.39 is 12.0 Å². The average molecular weight is 468 g/mol. The number of benzene rings is 2. The van der Waals surface area contributed by atoms with Crippen LogP contribution in [0.4, 0.5) is 0 Å². The van der Waals surface area contributed by atoms with Gasteiger partial charge in [0.25, 0.3) is 0 Å². The number of nitrogens with one attached hydrogen (secondary N) is 1. The topological polar surface area (TPSA) is 83.1 Å². The van der Waals surface area contributed by atoms with Crippen LogP contribution in [-0.2, 0) is 41.8 Å². The molecule has 5 atom stereocenters. The Bertz CT molecular complexity index is 921. The van der Waals surface area contributed by atoms with Gasteiger partial charge in [0, 0.05) is 18.5 Å². The molecule has 0 aliphatic carbocycles. The van der Waals surface area contributed by atoms with Gasteiger partial charge in [0.05, 0.1) is 33.0 Å². The van der Waals surface area contributed by atoms with Crippen LogP contribution >= 0.6 is 0 Å². The van der Waals surface area contributed by atoms with Crippen molar-refractivity contribution in [3.8, 4) is 0 Å². The number of methoxy groups -OCH3 is 1. The summed E-state index contributed by atoms with van der Waals surface area (Å²) in [5.41, 5.74) is 2.20. The van der Waals surface area contributed by atoms with E-state index in [0.717, 1.165) is 24.0 Å². The molecular formula is C27H33NO6. The Balaban J connectivity index is 1.40. The number of hydrogen-bond donors (Lipinski definition) is 1. The minimum atomic E-state index is -0.526. The molecule has 2 aromatic rings. The van der Waals surface area contributed by atoms with Crippen LogP contribution < -0.4 is 5.32 Å². The minimum absolute atomic E-state index is 0.00810. The van der Waals surface area contributed by atoms with Crippen LogP contribution in [0.5, 0.6) is 0 Å². The first-order valence-electron chi connectivity index (χ1n) is 11.9. The molecule has 0 aromatic heterocycles. The van der Waals surface area contributed by atoms with Gasteiger partial charge in [-0.3, -0.25) is 9.59 Å². The van der Waals surface area contributed by atoms with Crippen molar-refractivity contribution >= 4 is 11.9 Å². The third kappa shape index (κ3) is 6.44. The van der Waals surface area contributed by atoms with Crippen molar-refractivity contribution in [3.05, 3.63) is 71.8 Å². The Labute approximate surface area is 200 Å². The summed E-state index contributed by atoms with van der Waals surface area (Å²) >= 11 is 0. The molecule has 2 saturated heterocycles. The van der Waals surface area contributed by atoms with E-state index in [2.05, 4.69) is 5.32 Å². The average Bonchev–Trinajstić information content (AvgIpc) is 3.52. The molecule has 4 rings (SSSR count). The van der Waals surface area contributed by atoms with Crippen LogP contribution in [0, 0.1) is 5.92 Å². The molecule has 7 nitrogen and oxygen atoms in total. The van der Waals surface area contributed by atoms with Crippen LogP contribution in [0.2, 0.25) is 0 Å². The number of carbonyl (C=O) groups is 2. The zero-order valence-corrected chi connectivity index (χ0v) is 19.6. The molecule has 2 aromatic carbocycles. The van der Waals surface area contributed by atoms with Crippen LogP contribution in [-0.4, -0.2) is 49.9 Å². The number of hydrogen-bond acceptors (Lipinski definition) is 7. The summed E-state index contributed by atoms with van der Waals surface area (Å²) in [4.78, 5) is 24.3. The zero-order valence-electron chi connectivity index (χ0n) is 19.6. The monoisotopic (exact) mass is 467 g/mol. The lowest BCUT2D eigenvalue weighted by molar-refractivity contribution is -0.155. The van der Waals surface area contributed by atoms with E-state index in [-0.39, 0.29) is 30.1 Å². The van der Waals surface area contributed by atoms with Crippen LogP contribution in [0.1, 0.15) is 36.8 Å². The first-order valence-corrected chi connectivity index (χ1v) is 11.9. The Morgan fingerprint density at radius 1 is 0.971 bits per heavy atom. The minimum Gasteiger partial charge on any atom is -0.469 e. The normalized spacial score (nSPS) is 23.9. The van der Waals surface area contributed by atoms with Gasteiger partial charge >= 0.3 is 11.9 Å². The van der Waals surface area contributed by atoms with Gasteiger partial charge in [-0.2, -0.15) is 0 Å². The molecular weight excluding hydrogens is 434 g/mol. The highest BCUT2D eigenvalue weighted by molar-refractivity contribution is 5.77. The van der Waals surface area contributed by atoms with E-state index in [1.54, 1.807) is 0 Å². The van der Waals surface area contributed by atoms with Crippen molar-refractivity contribution in [2.45, 2.75) is 63.2 Å². The maximum Gasteiger partial charge on any atom is 0.314 e. The van der Waals surface area contributed by atoms with Crippen molar-refractivity contribution in [3.63, 3.8) is 0 Å². The van der Waals surface area contributed by atoms with Gasteiger partial charge in [0.15, 0.2) is 0 Å². The molecule has 2 aliphatic heterocycles. The zero-order chi connectivity index (χ0) is 23.8. The highest BCUT2D eigenvalue weighted by atomic mass is 16.6. The second-order valence-corrected chi connectivity index (χ2v) is 8.91. The van der Waals surface area contributed by atoms with Crippen molar-refractivity contribution < 1.29 is 28.5 Å². The maximum absolute atomic E-state index is 12.6. The Hall–Kier alpha value is -2.74. The fraction of sp³-hybridized carbons (Fsp3) is 0.481. The SMILES string of the molecule is COC(=O)[C@@H]([C@@H]1CC[C@@H]([C@@H](COCc2ccccc2)OCc2ccccc2)N1)[C@@H]1CCC(=O)O1. The Morgan fingerprint density at radius 2 is 1.62 bits per heavy atom. The molecule has 2 fully saturated rings. The van der Waals surface area contributed by atoms with Crippen molar-refractivity contribution in [1.82, 2.24) is 5.32 Å². The quantitative estimate of drug-likeness (QED) is 0.507. The fourth-order valence-electron chi connectivity index (χ4n) is 4.81. The molecule has 0 spiro atoms. The summed E-state index contributed by atoms with van der Waals surface area (Å²) in [6.07, 6.45) is 1.82. The largest absolute Gasteiger partial charge is 0.469 e. The summed E-state index contributed by atoms with van der Waals surface area (Å²) < 4.78 is 22.9. The number of cyclic esters (lactones) is 1. The molecule has 1 N–H and O–H groups in total. The van der Waals surface area contributed by atoms with Crippen molar-refractivity contribution in [2.24, 2.45) is 5.92 Å². The molecule has 182 valence electrons. The molecule has 2 aliphatic rings. The third-order valence-corrected chi connectivity index (χ3v) is 6.59. The lowest BCUT2D eigenvalue weighted by Crippen LogP contribution is -2.49. The second-order valence-electron chi connectivity index (χ2n) is 8.91. The molecule has 0 saturated carbocycles. The van der Waals surface area contributed by atoms with Gasteiger partial charge in [-0.25, -0.2) is 0 Å². The second kappa shape index (κ2) is 12.1. The van der Waals surface area contributed by atoms with E-state index in [1.165, 1.54) is 7.11 Å². The molecule has 0 amide bonds. The highest BCUT2D eigenvalue weighted by Crippen LogP contribution is 2.31. The summed E-state index contributed by atoms with van der Waals surface area (Å²) in [5.74, 6) is -1.13. The molecule has 0 bridgehead atoms. The van der Waals surface area contributed by atoms with Gasteiger partial charge < -0.3 is 24.3 Å². The lowest BCUT2D eigenvalue weighted by atomic mass is 9.91. The smallest absolute Gasteiger partial charge is 0.314 e. The first-order chi connectivity index (χ1) is 16.6. The summed E-state index contributed by atoms with van der Waals surface area (Å²) in [5, 5.41) is 3.59. The van der Waals surface area contributed by atoms with Gasteiger partial charge in [-0.05, 0) is 30.4 Å². The van der Waals surface area contributed by atoms with Crippen LogP contribution in [0.15, 0.2) is 60.7 Å². The van der Waals surface area contributed by atoms with Crippen LogP contribution in [0.25, 0.3) is 0 Å². The van der Waals surface area contributed by atoms with Gasteiger partial charge in [-0.15, -0.1) is 0 Å². The number of esters is 2. The number of ether oxygens (including phenoxy) is 4. The Morgan fingerprint density at radius 3 is 2.24 bits per heavy atom. The highest BCUT2D eigenvalue weighted by Gasteiger charge is 2.45. The summed E-state index contributed by atoms with van der Waals surface area (Å²) in [7, 11) is 1.38. The predicted octanol–water partition coefficient (Wildman–Crippen LogP) is 3.40. The van der Waals surface area contributed by atoms with E-state index >= 15 is 0 Å². The molecule has 7 heteroatoms. The molecule has 34 heavy (non-hydrogen) atoms. The van der Waals surface area contributed by atoms with Gasteiger partial charge in [-0.1, -0.05) is 60.7 Å².